The molecule has 0 aromatic rings. The van der Waals surface area contributed by atoms with Crippen molar-refractivity contribution in [3.63, 3.8) is 0 Å². The van der Waals surface area contributed by atoms with Gasteiger partial charge in [0, 0.05) is 35.4 Å². The Labute approximate surface area is 122 Å². The Morgan fingerprint density at radius 1 is 1.50 bits per heavy atom. The van der Waals surface area contributed by atoms with Gasteiger partial charge in [0.2, 0.25) is 0 Å². The number of carboxylic acid groups (broad SMARTS) is 1. The molecule has 0 spiro atoms. The first-order chi connectivity index (χ1) is 9.35. The molecule has 1 rings (SSSR count). The summed E-state index contributed by atoms with van der Waals surface area (Å²) in [7, 11) is -0.991. The zero-order valence-electron chi connectivity index (χ0n) is 12.3. The van der Waals surface area contributed by atoms with Gasteiger partial charge in [-0.2, -0.15) is 0 Å². The van der Waals surface area contributed by atoms with Crippen LogP contribution in [0.25, 0.3) is 0 Å². The molecular formula is C13H24N2O4S. The van der Waals surface area contributed by atoms with E-state index >= 15 is 0 Å². The van der Waals surface area contributed by atoms with E-state index in [0.717, 1.165) is 12.8 Å². The molecular weight excluding hydrogens is 280 g/mol. The lowest BCUT2D eigenvalue weighted by Crippen LogP contribution is -2.55. The fourth-order valence-corrected chi connectivity index (χ4v) is 3.36. The van der Waals surface area contributed by atoms with Gasteiger partial charge < -0.3 is 15.3 Å². The summed E-state index contributed by atoms with van der Waals surface area (Å²) >= 11 is 0. The molecule has 7 heteroatoms. The maximum absolute atomic E-state index is 12.2. The van der Waals surface area contributed by atoms with Gasteiger partial charge in [-0.05, 0) is 25.7 Å². The first-order valence-electron chi connectivity index (χ1n) is 6.95. The number of nitrogens with one attached hydrogen (secondary N) is 1. The summed E-state index contributed by atoms with van der Waals surface area (Å²) in [6, 6.07) is -1.36. The maximum atomic E-state index is 12.2. The smallest absolute Gasteiger partial charge is 0.326 e. The van der Waals surface area contributed by atoms with Crippen molar-refractivity contribution in [3.05, 3.63) is 0 Å². The Balaban J connectivity index is 2.65. The van der Waals surface area contributed by atoms with Gasteiger partial charge in [0.1, 0.15) is 6.04 Å². The highest BCUT2D eigenvalue weighted by Gasteiger charge is 2.35. The molecule has 2 amide bonds. The second-order valence-electron chi connectivity index (χ2n) is 5.44. The van der Waals surface area contributed by atoms with Crippen LogP contribution < -0.4 is 5.32 Å². The Kier molecular flexibility index (Phi) is 6.45. The predicted molar refractivity (Wildman–Crippen MR) is 78.1 cm³/mol. The van der Waals surface area contributed by atoms with Crippen molar-refractivity contribution in [2.24, 2.45) is 5.92 Å². The van der Waals surface area contributed by atoms with E-state index in [1.54, 1.807) is 13.2 Å². The number of hydrogen-bond donors (Lipinski definition) is 2. The second kappa shape index (κ2) is 7.61. The number of hydrogen-bond acceptors (Lipinski definition) is 3. The molecule has 116 valence electrons. The monoisotopic (exact) mass is 304 g/mol. The lowest BCUT2D eigenvalue weighted by Gasteiger charge is -2.37. The van der Waals surface area contributed by atoms with Crippen LogP contribution in [0.2, 0.25) is 0 Å². The third-order valence-corrected chi connectivity index (χ3v) is 4.66. The minimum absolute atomic E-state index is 0.230. The van der Waals surface area contributed by atoms with Crippen LogP contribution in [0, 0.1) is 5.92 Å². The molecule has 0 aromatic carbocycles. The number of likely N-dealkylation sites (tertiary alicyclic amines) is 1. The van der Waals surface area contributed by atoms with Gasteiger partial charge in [-0.3, -0.25) is 4.21 Å². The van der Waals surface area contributed by atoms with Gasteiger partial charge in [-0.1, -0.05) is 13.3 Å². The predicted octanol–water partition coefficient (Wildman–Crippen LogP) is 1.04. The second-order valence-corrected chi connectivity index (χ2v) is 6.92. The molecule has 1 saturated heterocycles. The quantitative estimate of drug-likeness (QED) is 0.794. The number of rotatable bonds is 5. The van der Waals surface area contributed by atoms with Crippen molar-refractivity contribution >= 4 is 22.8 Å². The normalized spacial score (nSPS) is 25.9. The summed E-state index contributed by atoms with van der Waals surface area (Å²) < 4.78 is 11.1. The van der Waals surface area contributed by atoms with Crippen LogP contribution in [0.4, 0.5) is 4.79 Å². The number of carboxylic acids is 1. The number of carbonyl (C=O) groups is 2. The molecule has 20 heavy (non-hydrogen) atoms. The van der Waals surface area contributed by atoms with E-state index in [1.165, 1.54) is 4.90 Å². The van der Waals surface area contributed by atoms with Crippen molar-refractivity contribution < 1.29 is 18.9 Å². The molecule has 1 aliphatic rings. The lowest BCUT2D eigenvalue weighted by molar-refractivity contribution is -0.144. The van der Waals surface area contributed by atoms with Crippen molar-refractivity contribution in [1.29, 1.82) is 0 Å². The molecule has 0 saturated carbocycles. The third-order valence-electron chi connectivity index (χ3n) is 3.69. The van der Waals surface area contributed by atoms with E-state index < -0.39 is 22.8 Å². The van der Waals surface area contributed by atoms with Crippen molar-refractivity contribution in [1.82, 2.24) is 10.2 Å². The van der Waals surface area contributed by atoms with E-state index in [2.05, 4.69) is 5.32 Å². The summed E-state index contributed by atoms with van der Waals surface area (Å²) in [5.74, 6) is -0.222. The molecule has 1 heterocycles. The molecule has 1 aliphatic heterocycles. The van der Waals surface area contributed by atoms with Crippen LogP contribution >= 0.6 is 0 Å². The van der Waals surface area contributed by atoms with E-state index in [1.807, 2.05) is 6.92 Å². The summed E-state index contributed by atoms with van der Waals surface area (Å²) in [6.07, 6.45) is 3.86. The largest absolute Gasteiger partial charge is 0.480 e. The lowest BCUT2D eigenvalue weighted by atomic mass is 9.89. The average molecular weight is 304 g/mol. The minimum atomic E-state index is -0.991. The van der Waals surface area contributed by atoms with Gasteiger partial charge in [-0.15, -0.1) is 0 Å². The zero-order chi connectivity index (χ0) is 15.3. The zero-order valence-corrected chi connectivity index (χ0v) is 13.1. The summed E-state index contributed by atoms with van der Waals surface area (Å²) in [5.41, 5.74) is 0. The van der Waals surface area contributed by atoms with Crippen molar-refractivity contribution in [2.45, 2.75) is 45.2 Å². The number of urea groups is 1. The molecule has 0 aromatic heterocycles. The molecule has 0 aliphatic carbocycles. The number of amides is 2. The highest BCUT2D eigenvalue weighted by Crippen LogP contribution is 2.25. The van der Waals surface area contributed by atoms with Gasteiger partial charge in [0.05, 0.1) is 0 Å². The third kappa shape index (κ3) is 4.77. The molecule has 2 N–H and O–H groups in total. The van der Waals surface area contributed by atoms with Gasteiger partial charge in [0.25, 0.3) is 0 Å². The average Bonchev–Trinajstić information content (AvgIpc) is 2.36. The Bertz CT molecular complexity index is 389. The van der Waals surface area contributed by atoms with Crippen LogP contribution in [0.1, 0.15) is 33.1 Å². The fraction of sp³-hybridized carbons (Fsp3) is 0.846. The number of nitrogens with zero attached hydrogens (tertiary/aromatic N) is 1. The molecule has 1 fully saturated rings. The van der Waals surface area contributed by atoms with Crippen molar-refractivity contribution in [3.8, 4) is 0 Å². The van der Waals surface area contributed by atoms with Gasteiger partial charge in [0.15, 0.2) is 0 Å². The molecule has 0 radical (unpaired) electrons. The highest BCUT2D eigenvalue weighted by molar-refractivity contribution is 7.84. The first kappa shape index (κ1) is 16.9. The summed E-state index contributed by atoms with van der Waals surface area (Å²) in [4.78, 5) is 24.9. The van der Waals surface area contributed by atoms with E-state index in [9.17, 15) is 18.9 Å². The molecule has 4 unspecified atom stereocenters. The Morgan fingerprint density at radius 2 is 2.15 bits per heavy atom. The van der Waals surface area contributed by atoms with Crippen LogP contribution in [0.5, 0.6) is 0 Å². The SMILES string of the molecule is CCC1CCN(C(=O)NC(C)CS(C)=O)C(C(=O)O)C1. The van der Waals surface area contributed by atoms with Crippen LogP contribution in [0.3, 0.4) is 0 Å². The van der Waals surface area contributed by atoms with Gasteiger partial charge in [-0.25, -0.2) is 9.59 Å². The van der Waals surface area contributed by atoms with E-state index in [4.69, 9.17) is 0 Å². The van der Waals surface area contributed by atoms with Crippen LogP contribution in [0.15, 0.2) is 0 Å². The topological polar surface area (TPSA) is 86.7 Å². The molecule has 4 atom stereocenters. The fourth-order valence-electron chi connectivity index (χ4n) is 2.57. The summed E-state index contributed by atoms with van der Waals surface area (Å²) in [6.45, 7) is 4.27. The first-order valence-corrected chi connectivity index (χ1v) is 8.67. The number of piperidine rings is 1. The number of aliphatic carboxylic acids is 1. The van der Waals surface area contributed by atoms with Crippen LogP contribution in [-0.2, 0) is 15.6 Å². The Morgan fingerprint density at radius 3 is 2.65 bits per heavy atom. The van der Waals surface area contributed by atoms with Crippen LogP contribution in [-0.4, -0.2) is 56.9 Å². The standard InChI is InChI=1S/C13H24N2O4S/c1-4-10-5-6-15(11(7-10)12(16)17)13(18)14-9(2)8-20(3)19/h9-11H,4-8H2,1-3H3,(H,14,18)(H,16,17). The molecule has 0 bridgehead atoms. The molecule has 6 nitrogen and oxygen atoms in total. The van der Waals surface area contributed by atoms with Gasteiger partial charge >= 0.3 is 12.0 Å². The maximum Gasteiger partial charge on any atom is 0.326 e. The van der Waals surface area contributed by atoms with E-state index in [-0.39, 0.29) is 12.1 Å². The highest BCUT2D eigenvalue weighted by atomic mass is 32.2. The van der Waals surface area contributed by atoms with Crippen molar-refractivity contribution in [2.75, 3.05) is 18.6 Å². The minimum Gasteiger partial charge on any atom is -0.480 e. The number of carbonyl (C=O) groups excluding carboxylic acids is 1. The van der Waals surface area contributed by atoms with E-state index in [0.29, 0.717) is 24.6 Å². The summed E-state index contributed by atoms with van der Waals surface area (Å²) in [5, 5.41) is 12.0. The Hall–Kier alpha value is -1.11.